The van der Waals surface area contributed by atoms with Crippen LogP contribution >= 0.6 is 0 Å². The first-order valence-corrected chi connectivity index (χ1v) is 10.6. The van der Waals surface area contributed by atoms with Crippen LogP contribution in [-0.2, 0) is 4.74 Å². The van der Waals surface area contributed by atoms with Crippen molar-refractivity contribution < 1.29 is 23.8 Å². The number of aromatic carboxylic acids is 1. The molecule has 1 aliphatic rings. The Morgan fingerprint density at radius 2 is 1.67 bits per heavy atom. The Bertz CT molecular complexity index is 1340. The van der Waals surface area contributed by atoms with Crippen molar-refractivity contribution in [2.75, 3.05) is 13.2 Å². The Hall–Kier alpha value is -4.32. The Morgan fingerprint density at radius 3 is 2.36 bits per heavy atom. The zero-order chi connectivity index (χ0) is 22.8. The lowest BCUT2D eigenvalue weighted by Gasteiger charge is -2.14. The molecule has 0 bridgehead atoms. The van der Waals surface area contributed by atoms with Gasteiger partial charge in [0, 0.05) is 17.8 Å². The van der Waals surface area contributed by atoms with Gasteiger partial charge in [-0.2, -0.15) is 0 Å². The van der Waals surface area contributed by atoms with E-state index in [0.717, 1.165) is 5.56 Å². The zero-order valence-corrected chi connectivity index (χ0v) is 17.7. The van der Waals surface area contributed by atoms with Crippen LogP contribution in [0.3, 0.4) is 0 Å². The molecule has 4 aromatic rings. The second-order valence-electron chi connectivity index (χ2n) is 7.82. The third-order valence-corrected chi connectivity index (χ3v) is 5.77. The van der Waals surface area contributed by atoms with Gasteiger partial charge in [0.25, 0.3) is 0 Å². The largest absolute Gasteiger partial charge is 0.475 e. The fraction of sp³-hybridized carbons (Fsp3) is 0.111. The number of hydrogen-bond acceptors (Lipinski definition) is 4. The van der Waals surface area contributed by atoms with Crippen molar-refractivity contribution in [1.82, 2.24) is 5.32 Å². The number of nitrogens with one attached hydrogen (secondary N) is 1. The van der Waals surface area contributed by atoms with Gasteiger partial charge in [0.1, 0.15) is 12.2 Å². The van der Waals surface area contributed by atoms with E-state index < -0.39 is 12.1 Å². The first-order chi connectivity index (χ1) is 16.1. The Labute approximate surface area is 190 Å². The summed E-state index contributed by atoms with van der Waals surface area (Å²) in [6, 6.07) is 23.3. The van der Waals surface area contributed by atoms with Crippen LogP contribution in [0.25, 0.3) is 28.2 Å². The number of hydrogen-bond donors (Lipinski definition) is 2. The minimum Gasteiger partial charge on any atom is -0.475 e. The zero-order valence-electron chi connectivity index (χ0n) is 17.7. The van der Waals surface area contributed by atoms with Gasteiger partial charge in [-0.15, -0.1) is 0 Å². The molecule has 6 nitrogen and oxygen atoms in total. The van der Waals surface area contributed by atoms with Gasteiger partial charge in [-0.05, 0) is 46.0 Å². The minimum atomic E-state index is -1.10. The van der Waals surface area contributed by atoms with E-state index in [-0.39, 0.29) is 18.3 Å². The highest BCUT2D eigenvalue weighted by molar-refractivity contribution is 5.92. The number of carboxylic acids is 1. The molecule has 164 valence electrons. The Morgan fingerprint density at radius 1 is 0.970 bits per heavy atom. The van der Waals surface area contributed by atoms with Crippen LogP contribution in [0.4, 0.5) is 4.79 Å². The van der Waals surface area contributed by atoms with Crippen LogP contribution < -0.4 is 5.32 Å². The van der Waals surface area contributed by atoms with Crippen LogP contribution in [-0.4, -0.2) is 30.3 Å². The van der Waals surface area contributed by atoms with E-state index in [0.29, 0.717) is 17.5 Å². The molecular formula is C27H21NO5. The number of amides is 1. The van der Waals surface area contributed by atoms with E-state index in [1.54, 1.807) is 12.1 Å². The maximum atomic E-state index is 12.2. The molecule has 1 amide bonds. The molecule has 0 radical (unpaired) electrons. The molecule has 0 spiro atoms. The van der Waals surface area contributed by atoms with Crippen molar-refractivity contribution in [2.45, 2.75) is 5.92 Å². The molecule has 0 atom stereocenters. The van der Waals surface area contributed by atoms with Gasteiger partial charge in [0.15, 0.2) is 0 Å². The summed E-state index contributed by atoms with van der Waals surface area (Å²) < 4.78 is 10.8. The monoisotopic (exact) mass is 439 g/mol. The molecule has 0 unspecified atom stereocenters. The summed E-state index contributed by atoms with van der Waals surface area (Å²) in [7, 11) is 0. The molecular weight excluding hydrogens is 418 g/mol. The van der Waals surface area contributed by atoms with E-state index >= 15 is 0 Å². The summed E-state index contributed by atoms with van der Waals surface area (Å²) >= 11 is 0. The van der Waals surface area contributed by atoms with E-state index in [1.165, 1.54) is 28.3 Å². The summed E-state index contributed by atoms with van der Waals surface area (Å²) in [6.45, 7) is 0.577. The summed E-state index contributed by atoms with van der Waals surface area (Å²) in [5.41, 5.74) is 6.11. The van der Waals surface area contributed by atoms with Crippen molar-refractivity contribution in [3.8, 4) is 11.1 Å². The predicted octanol–water partition coefficient (Wildman–Crippen LogP) is 5.68. The average Bonchev–Trinajstić information content (AvgIpc) is 3.40. The summed E-state index contributed by atoms with van der Waals surface area (Å²) in [6.07, 6.45) is 3.18. The molecule has 0 saturated carbocycles. The molecule has 1 aliphatic carbocycles. The molecule has 1 aromatic heterocycles. The number of fused-ring (bicyclic) bond motifs is 4. The average molecular weight is 439 g/mol. The maximum Gasteiger partial charge on any atom is 0.407 e. The first kappa shape index (κ1) is 20.6. The Kier molecular flexibility index (Phi) is 5.40. The number of ether oxygens (including phenoxy) is 1. The number of benzene rings is 3. The van der Waals surface area contributed by atoms with Gasteiger partial charge >= 0.3 is 12.1 Å². The van der Waals surface area contributed by atoms with E-state index in [9.17, 15) is 9.59 Å². The number of carboxylic acid groups (broad SMARTS) is 1. The van der Waals surface area contributed by atoms with Gasteiger partial charge in [-0.1, -0.05) is 66.7 Å². The molecule has 0 saturated heterocycles. The number of alkyl carbamates (subject to hydrolysis) is 1. The molecule has 1 heterocycles. The lowest BCUT2D eigenvalue weighted by molar-refractivity contribution is 0.0665. The smallest absolute Gasteiger partial charge is 0.407 e. The summed E-state index contributed by atoms with van der Waals surface area (Å²) in [5.74, 6) is -1.17. The van der Waals surface area contributed by atoms with Gasteiger partial charge in [-0.3, -0.25) is 0 Å². The van der Waals surface area contributed by atoms with E-state index in [2.05, 4.69) is 29.6 Å². The number of carbonyl (C=O) groups is 2. The van der Waals surface area contributed by atoms with Crippen LogP contribution in [0.2, 0.25) is 0 Å². The SMILES string of the molecule is O=C(NCC=Cc1ccc2oc(C(=O)O)cc2c1)OCC1c2ccccc2-c2ccccc21. The fourth-order valence-corrected chi connectivity index (χ4v) is 4.26. The quantitative estimate of drug-likeness (QED) is 0.403. The topological polar surface area (TPSA) is 88.8 Å². The predicted molar refractivity (Wildman–Crippen MR) is 125 cm³/mol. The standard InChI is InChI=1S/C27H21NO5/c29-26(30)25-15-18-14-17(11-12-24(18)33-25)6-5-13-28-27(31)32-16-23-21-9-3-1-7-19(21)20-8-2-4-10-22(20)23/h1-12,14-15,23H,13,16H2,(H,28,31)(H,29,30). The van der Waals surface area contributed by atoms with Gasteiger partial charge in [-0.25, -0.2) is 9.59 Å². The number of furan rings is 1. The molecule has 2 N–H and O–H groups in total. The van der Waals surface area contributed by atoms with Crippen molar-refractivity contribution in [1.29, 1.82) is 0 Å². The van der Waals surface area contributed by atoms with E-state index in [1.807, 2.05) is 42.5 Å². The van der Waals surface area contributed by atoms with Crippen LogP contribution in [0.1, 0.15) is 33.2 Å². The lowest BCUT2D eigenvalue weighted by Crippen LogP contribution is -2.26. The Balaban J connectivity index is 1.17. The third kappa shape index (κ3) is 4.11. The highest BCUT2D eigenvalue weighted by Gasteiger charge is 2.28. The van der Waals surface area contributed by atoms with Crippen LogP contribution in [0.5, 0.6) is 0 Å². The molecule has 33 heavy (non-hydrogen) atoms. The van der Waals surface area contributed by atoms with Crippen molar-refractivity contribution in [2.24, 2.45) is 0 Å². The highest BCUT2D eigenvalue weighted by atomic mass is 16.5. The normalized spacial score (nSPS) is 12.6. The van der Waals surface area contributed by atoms with E-state index in [4.69, 9.17) is 14.3 Å². The molecule has 3 aromatic carbocycles. The van der Waals surface area contributed by atoms with Gasteiger partial charge in [0.05, 0.1) is 0 Å². The van der Waals surface area contributed by atoms with Gasteiger partial charge < -0.3 is 19.6 Å². The fourth-order valence-electron chi connectivity index (χ4n) is 4.26. The second-order valence-corrected chi connectivity index (χ2v) is 7.82. The molecule has 6 heteroatoms. The van der Waals surface area contributed by atoms with Gasteiger partial charge in [0.2, 0.25) is 5.76 Å². The molecule has 5 rings (SSSR count). The minimum absolute atomic E-state index is 0.0241. The van der Waals surface area contributed by atoms with Crippen molar-refractivity contribution in [3.63, 3.8) is 0 Å². The number of rotatable bonds is 6. The lowest BCUT2D eigenvalue weighted by atomic mass is 9.98. The number of carbonyl (C=O) groups excluding carboxylic acids is 1. The van der Waals surface area contributed by atoms with Crippen molar-refractivity contribution >= 4 is 29.1 Å². The summed E-state index contributed by atoms with van der Waals surface area (Å²) in [4.78, 5) is 23.3. The molecule has 0 fully saturated rings. The summed E-state index contributed by atoms with van der Waals surface area (Å²) in [5, 5.41) is 12.5. The second kappa shape index (κ2) is 8.67. The highest BCUT2D eigenvalue weighted by Crippen LogP contribution is 2.44. The maximum absolute atomic E-state index is 12.2. The van der Waals surface area contributed by atoms with Crippen molar-refractivity contribution in [3.05, 3.63) is 101 Å². The third-order valence-electron chi connectivity index (χ3n) is 5.77. The van der Waals surface area contributed by atoms with Crippen LogP contribution in [0.15, 0.2) is 83.3 Å². The molecule has 0 aliphatic heterocycles. The first-order valence-electron chi connectivity index (χ1n) is 10.6. The van der Waals surface area contributed by atoms with Crippen LogP contribution in [0, 0.1) is 0 Å².